The maximum absolute atomic E-state index is 11.1. The second-order valence-electron chi connectivity index (χ2n) is 7.34. The molecule has 144 valence electrons. The average Bonchev–Trinajstić information content (AvgIpc) is 2.68. The van der Waals surface area contributed by atoms with Crippen LogP contribution < -0.4 is 5.43 Å². The van der Waals surface area contributed by atoms with E-state index in [4.69, 9.17) is 5.11 Å². The molecule has 1 aliphatic heterocycles. The molecule has 0 radical (unpaired) electrons. The van der Waals surface area contributed by atoms with Crippen molar-refractivity contribution in [2.45, 2.75) is 45.4 Å². The van der Waals surface area contributed by atoms with Gasteiger partial charge in [0.15, 0.2) is 5.82 Å². The number of hydrogen-bond acceptors (Lipinski definition) is 6. The molecule has 1 fully saturated rings. The van der Waals surface area contributed by atoms with Gasteiger partial charge in [-0.3, -0.25) is 10.4 Å². The first-order chi connectivity index (χ1) is 13.6. The Morgan fingerprint density at radius 3 is 2.57 bits per heavy atom. The number of carboxylic acids is 1. The molecule has 2 N–H and O–H groups in total. The van der Waals surface area contributed by atoms with Crippen LogP contribution in [0.4, 0.5) is 0 Å². The van der Waals surface area contributed by atoms with Crippen LogP contribution in [-0.4, -0.2) is 31.7 Å². The van der Waals surface area contributed by atoms with Gasteiger partial charge in [-0.15, -0.1) is 0 Å². The van der Waals surface area contributed by atoms with Crippen molar-refractivity contribution in [1.82, 2.24) is 20.4 Å². The third kappa shape index (κ3) is 3.65. The van der Waals surface area contributed by atoms with Crippen LogP contribution in [0, 0.1) is 12.8 Å². The summed E-state index contributed by atoms with van der Waals surface area (Å²) in [6.45, 7) is 2.02. The van der Waals surface area contributed by atoms with E-state index in [1.54, 1.807) is 0 Å². The van der Waals surface area contributed by atoms with E-state index >= 15 is 0 Å². The lowest BCUT2D eigenvalue weighted by atomic mass is 9.80. The zero-order chi connectivity index (χ0) is 19.5. The van der Waals surface area contributed by atoms with E-state index in [2.05, 4.69) is 31.5 Å². The molecule has 0 aromatic carbocycles. The molecule has 0 amide bonds. The molecule has 4 rings (SSSR count). The second kappa shape index (κ2) is 7.88. The van der Waals surface area contributed by atoms with Crippen LogP contribution >= 0.6 is 0 Å². The van der Waals surface area contributed by atoms with E-state index < -0.39 is 5.97 Å². The van der Waals surface area contributed by atoms with Crippen molar-refractivity contribution in [1.29, 1.82) is 0 Å². The van der Waals surface area contributed by atoms with Crippen LogP contribution in [0.5, 0.6) is 0 Å². The van der Waals surface area contributed by atoms with Gasteiger partial charge in [-0.1, -0.05) is 25.3 Å². The predicted octanol–water partition coefficient (Wildman–Crippen LogP) is 3.57. The molecule has 0 saturated heterocycles. The van der Waals surface area contributed by atoms with E-state index in [0.29, 0.717) is 5.82 Å². The summed E-state index contributed by atoms with van der Waals surface area (Å²) in [6, 6.07) is 4.08. The molecule has 1 saturated carbocycles. The smallest absolute Gasteiger partial charge is 0.338 e. The summed E-state index contributed by atoms with van der Waals surface area (Å²) >= 11 is 0. The SMILES string of the molecule is Cc1ccc(C2=C3CCCCCCC3C(c3ncc(C(=O)O)cn3)=NN2)nc1. The van der Waals surface area contributed by atoms with Gasteiger partial charge < -0.3 is 5.11 Å². The molecule has 0 spiro atoms. The van der Waals surface area contributed by atoms with Crippen molar-refractivity contribution in [3.8, 4) is 0 Å². The number of nitrogens with one attached hydrogen (secondary N) is 1. The molecule has 0 bridgehead atoms. The highest BCUT2D eigenvalue weighted by Crippen LogP contribution is 2.36. The Labute approximate surface area is 163 Å². The number of pyridine rings is 1. The summed E-state index contributed by atoms with van der Waals surface area (Å²) < 4.78 is 0. The van der Waals surface area contributed by atoms with Gasteiger partial charge in [-0.25, -0.2) is 14.8 Å². The van der Waals surface area contributed by atoms with Crippen molar-refractivity contribution >= 4 is 17.4 Å². The van der Waals surface area contributed by atoms with E-state index in [1.807, 2.05) is 19.2 Å². The van der Waals surface area contributed by atoms with E-state index in [0.717, 1.165) is 48.3 Å². The normalized spacial score (nSPS) is 19.8. The molecule has 2 aliphatic rings. The summed E-state index contributed by atoms with van der Waals surface area (Å²) in [7, 11) is 0. The van der Waals surface area contributed by atoms with Crippen molar-refractivity contribution in [2.24, 2.45) is 11.0 Å². The van der Waals surface area contributed by atoms with Crippen LogP contribution in [0.25, 0.3) is 5.70 Å². The van der Waals surface area contributed by atoms with Crippen LogP contribution in [-0.2, 0) is 0 Å². The monoisotopic (exact) mass is 377 g/mol. The number of allylic oxidation sites excluding steroid dienone is 1. The second-order valence-corrected chi connectivity index (χ2v) is 7.34. The van der Waals surface area contributed by atoms with Crippen molar-refractivity contribution in [3.05, 3.63) is 58.9 Å². The Bertz CT molecular complexity index is 932. The van der Waals surface area contributed by atoms with E-state index in [-0.39, 0.29) is 11.5 Å². The van der Waals surface area contributed by atoms with Gasteiger partial charge >= 0.3 is 5.97 Å². The van der Waals surface area contributed by atoms with Gasteiger partial charge in [-0.05, 0) is 43.4 Å². The summed E-state index contributed by atoms with van der Waals surface area (Å²) in [5.41, 5.74) is 8.36. The number of aromatic nitrogens is 3. The van der Waals surface area contributed by atoms with Crippen LogP contribution in [0.2, 0.25) is 0 Å². The first kappa shape index (κ1) is 18.3. The molecule has 1 atom stereocenters. The third-order valence-electron chi connectivity index (χ3n) is 5.34. The first-order valence-corrected chi connectivity index (χ1v) is 9.69. The van der Waals surface area contributed by atoms with Gasteiger partial charge in [0, 0.05) is 24.5 Å². The van der Waals surface area contributed by atoms with E-state index in [9.17, 15) is 4.79 Å². The van der Waals surface area contributed by atoms with Crippen molar-refractivity contribution in [2.75, 3.05) is 0 Å². The fraction of sp³-hybridized carbons (Fsp3) is 0.381. The number of hydrazone groups is 1. The van der Waals surface area contributed by atoms with Gasteiger partial charge in [-0.2, -0.15) is 5.10 Å². The van der Waals surface area contributed by atoms with Crippen LogP contribution in [0.1, 0.15) is 66.0 Å². The van der Waals surface area contributed by atoms with Crippen molar-refractivity contribution < 1.29 is 9.90 Å². The topological polar surface area (TPSA) is 100 Å². The molecule has 7 heteroatoms. The Hall–Kier alpha value is -3.09. The number of aromatic carboxylic acids is 1. The summed E-state index contributed by atoms with van der Waals surface area (Å²) in [6.07, 6.45) is 11.2. The lowest BCUT2D eigenvalue weighted by Crippen LogP contribution is -2.31. The van der Waals surface area contributed by atoms with Gasteiger partial charge in [0.05, 0.1) is 17.0 Å². The molecular formula is C21H23N5O2. The zero-order valence-electron chi connectivity index (χ0n) is 15.9. The fourth-order valence-electron chi connectivity index (χ4n) is 3.85. The quantitative estimate of drug-likeness (QED) is 0.848. The van der Waals surface area contributed by atoms with E-state index in [1.165, 1.54) is 30.8 Å². The molecule has 2 aromatic rings. The highest BCUT2D eigenvalue weighted by molar-refractivity contribution is 6.03. The molecule has 28 heavy (non-hydrogen) atoms. The lowest BCUT2D eigenvalue weighted by molar-refractivity contribution is 0.0696. The Morgan fingerprint density at radius 2 is 1.86 bits per heavy atom. The molecule has 1 aliphatic carbocycles. The molecule has 1 unspecified atom stereocenters. The molecule has 3 heterocycles. The number of fused-ring (bicyclic) bond motifs is 1. The minimum atomic E-state index is -1.03. The Balaban J connectivity index is 1.72. The summed E-state index contributed by atoms with van der Waals surface area (Å²) in [5, 5.41) is 13.7. The zero-order valence-corrected chi connectivity index (χ0v) is 15.9. The first-order valence-electron chi connectivity index (χ1n) is 9.69. The number of carboxylic acid groups (broad SMARTS) is 1. The number of nitrogens with zero attached hydrogens (tertiary/aromatic N) is 4. The standard InChI is InChI=1S/C21H23N5O2/c1-13-8-9-17(22-10-13)18-15-6-4-2-3-5-7-16(15)19(26-25-18)20-23-11-14(12-24-20)21(27)28/h8-12,16,25H,2-7H2,1H3,(H,27,28). The number of carbonyl (C=O) groups is 1. The highest BCUT2D eigenvalue weighted by Gasteiger charge is 2.31. The maximum atomic E-state index is 11.1. The van der Waals surface area contributed by atoms with Crippen LogP contribution in [0.15, 0.2) is 41.4 Å². The van der Waals surface area contributed by atoms with Gasteiger partial charge in [0.2, 0.25) is 0 Å². The Kier molecular flexibility index (Phi) is 5.14. The summed E-state index contributed by atoms with van der Waals surface area (Å²) in [4.78, 5) is 24.2. The third-order valence-corrected chi connectivity index (χ3v) is 5.34. The minimum Gasteiger partial charge on any atom is -0.478 e. The minimum absolute atomic E-state index is 0.0751. The number of rotatable bonds is 3. The van der Waals surface area contributed by atoms with Crippen LogP contribution in [0.3, 0.4) is 0 Å². The van der Waals surface area contributed by atoms with Gasteiger partial charge in [0.1, 0.15) is 5.71 Å². The number of hydrogen-bond donors (Lipinski definition) is 2. The largest absolute Gasteiger partial charge is 0.478 e. The average molecular weight is 377 g/mol. The Morgan fingerprint density at radius 1 is 1.07 bits per heavy atom. The number of aryl methyl sites for hydroxylation is 1. The summed E-state index contributed by atoms with van der Waals surface area (Å²) in [5.74, 6) is -0.429. The van der Waals surface area contributed by atoms with Gasteiger partial charge in [0.25, 0.3) is 0 Å². The van der Waals surface area contributed by atoms with Crippen molar-refractivity contribution in [3.63, 3.8) is 0 Å². The lowest BCUT2D eigenvalue weighted by Gasteiger charge is -2.30. The maximum Gasteiger partial charge on any atom is 0.338 e. The molecule has 2 aromatic heterocycles. The predicted molar refractivity (Wildman–Crippen MR) is 106 cm³/mol. The molecular weight excluding hydrogens is 354 g/mol. The highest BCUT2D eigenvalue weighted by atomic mass is 16.4. The molecule has 7 nitrogen and oxygen atoms in total. The fourth-order valence-corrected chi connectivity index (χ4v) is 3.85.